The average molecular weight is 268 g/mol. The summed E-state index contributed by atoms with van der Waals surface area (Å²) >= 11 is 0. The van der Waals surface area contributed by atoms with Gasteiger partial charge in [-0.1, -0.05) is 30.3 Å². The Hall–Kier alpha value is -2.08. The van der Waals surface area contributed by atoms with Gasteiger partial charge in [0.1, 0.15) is 7.85 Å². The second-order valence-electron chi connectivity index (χ2n) is 4.08. The van der Waals surface area contributed by atoms with Crippen LogP contribution < -0.4 is 5.59 Å². The molecule has 3 rings (SSSR count). The van der Waals surface area contributed by atoms with Gasteiger partial charge >= 0.3 is 0 Å². The largest absolute Gasteiger partial charge is 0.269 e. The van der Waals surface area contributed by atoms with Crippen LogP contribution in [0.15, 0.2) is 59.6 Å². The third-order valence-corrected chi connectivity index (χ3v) is 4.51. The van der Waals surface area contributed by atoms with Crippen LogP contribution in [-0.4, -0.2) is 25.2 Å². The van der Waals surface area contributed by atoms with Crippen LogP contribution in [0.25, 0.3) is 11.0 Å². The molecule has 0 fully saturated rings. The number of aromatic nitrogens is 2. The topological polar surface area (TPSA) is 52.0 Å². The van der Waals surface area contributed by atoms with E-state index in [0.29, 0.717) is 5.65 Å². The fourth-order valence-electron chi connectivity index (χ4n) is 1.90. The molecule has 0 bridgehead atoms. The van der Waals surface area contributed by atoms with E-state index in [9.17, 15) is 8.42 Å². The lowest BCUT2D eigenvalue weighted by molar-refractivity contribution is 0.589. The standard InChI is InChI=1S/C13H9BN2O2S/c14-12-7-6-10-8-9-16(13(10)15-12)19(17,18)11-4-2-1-3-5-11/h1-9H. The first-order valence-electron chi connectivity index (χ1n) is 5.63. The molecule has 0 saturated heterocycles. The zero-order chi connectivity index (χ0) is 13.5. The number of hydrogen-bond donors (Lipinski definition) is 0. The number of pyridine rings is 1. The van der Waals surface area contributed by atoms with Gasteiger partial charge in [0.25, 0.3) is 10.0 Å². The molecule has 0 unspecified atom stereocenters. The average Bonchev–Trinajstić information content (AvgIpc) is 2.83. The maximum Gasteiger partial charge on any atom is 0.269 e. The highest BCUT2D eigenvalue weighted by Gasteiger charge is 2.18. The SMILES string of the molecule is [B]c1ccc2ccn(S(=O)(=O)c3ccccc3)c2n1. The lowest BCUT2D eigenvalue weighted by atomic mass is 10.0. The highest BCUT2D eigenvalue weighted by Crippen LogP contribution is 2.19. The normalized spacial score (nSPS) is 11.8. The van der Waals surface area contributed by atoms with Gasteiger partial charge in [-0.3, -0.25) is 0 Å². The van der Waals surface area contributed by atoms with Crippen molar-refractivity contribution in [1.29, 1.82) is 0 Å². The second-order valence-corrected chi connectivity index (χ2v) is 5.89. The summed E-state index contributed by atoms with van der Waals surface area (Å²) in [5, 5.41) is 0.730. The number of rotatable bonds is 2. The Balaban J connectivity index is 2.28. The number of nitrogens with zero attached hydrogens (tertiary/aromatic N) is 2. The molecule has 3 aromatic rings. The van der Waals surface area contributed by atoms with Crippen molar-refractivity contribution in [3.63, 3.8) is 0 Å². The maximum atomic E-state index is 12.5. The zero-order valence-electron chi connectivity index (χ0n) is 9.89. The molecule has 1 aromatic carbocycles. The minimum Gasteiger partial charge on any atom is -0.246 e. The zero-order valence-corrected chi connectivity index (χ0v) is 10.7. The van der Waals surface area contributed by atoms with Crippen molar-refractivity contribution >= 4 is 34.5 Å². The van der Waals surface area contributed by atoms with Crippen LogP contribution in [0, 0.1) is 0 Å². The van der Waals surface area contributed by atoms with Crippen LogP contribution in [0.3, 0.4) is 0 Å². The summed E-state index contributed by atoms with van der Waals surface area (Å²) in [5.41, 5.74) is 0.625. The van der Waals surface area contributed by atoms with E-state index in [2.05, 4.69) is 4.98 Å². The first-order chi connectivity index (χ1) is 9.09. The van der Waals surface area contributed by atoms with Crippen LogP contribution in [0.5, 0.6) is 0 Å². The molecule has 0 N–H and O–H groups in total. The fraction of sp³-hybridized carbons (Fsp3) is 0. The van der Waals surface area contributed by atoms with Gasteiger partial charge in [0.05, 0.1) is 4.90 Å². The van der Waals surface area contributed by atoms with Crippen molar-refractivity contribution in [3.8, 4) is 0 Å². The van der Waals surface area contributed by atoms with Gasteiger partial charge in [-0.15, -0.1) is 0 Å². The summed E-state index contributed by atoms with van der Waals surface area (Å²) in [6, 6.07) is 13.3. The van der Waals surface area contributed by atoms with Crippen molar-refractivity contribution in [1.82, 2.24) is 8.96 Å². The quantitative estimate of drug-likeness (QED) is 0.653. The summed E-state index contributed by atoms with van der Waals surface area (Å²) < 4.78 is 26.2. The lowest BCUT2D eigenvalue weighted by Crippen LogP contribution is -2.15. The first kappa shape index (κ1) is 12.0. The molecule has 92 valence electrons. The second kappa shape index (κ2) is 4.24. The Morgan fingerprint density at radius 3 is 2.47 bits per heavy atom. The van der Waals surface area contributed by atoms with Crippen molar-refractivity contribution in [2.45, 2.75) is 4.90 Å². The van der Waals surface area contributed by atoms with Crippen molar-refractivity contribution in [2.75, 3.05) is 0 Å². The van der Waals surface area contributed by atoms with E-state index < -0.39 is 10.0 Å². The van der Waals surface area contributed by atoms with E-state index in [1.54, 1.807) is 48.5 Å². The Morgan fingerprint density at radius 1 is 1.00 bits per heavy atom. The highest BCUT2D eigenvalue weighted by molar-refractivity contribution is 7.90. The molecular formula is C13H9BN2O2S. The monoisotopic (exact) mass is 268 g/mol. The molecule has 2 aromatic heterocycles. The lowest BCUT2D eigenvalue weighted by Gasteiger charge is -2.07. The Labute approximate surface area is 112 Å². The molecule has 0 spiro atoms. The molecule has 0 aliphatic carbocycles. The van der Waals surface area contributed by atoms with Crippen molar-refractivity contribution in [2.24, 2.45) is 0 Å². The molecule has 6 heteroatoms. The molecule has 0 atom stereocenters. The minimum absolute atomic E-state index is 0.219. The predicted octanol–water partition coefficient (Wildman–Crippen LogP) is 1.07. The van der Waals surface area contributed by atoms with E-state index in [1.807, 2.05) is 0 Å². The van der Waals surface area contributed by atoms with Crippen molar-refractivity contribution < 1.29 is 8.42 Å². The summed E-state index contributed by atoms with van der Waals surface area (Å²) in [4.78, 5) is 4.31. The van der Waals surface area contributed by atoms with E-state index in [0.717, 1.165) is 9.36 Å². The molecule has 0 aliphatic rings. The Bertz CT molecular complexity index is 841. The Kier molecular flexibility index (Phi) is 2.67. The molecule has 0 aliphatic heterocycles. The van der Waals surface area contributed by atoms with E-state index >= 15 is 0 Å². The summed E-state index contributed by atoms with van der Waals surface area (Å²) in [7, 11) is 1.97. The number of benzene rings is 1. The van der Waals surface area contributed by atoms with Gasteiger partial charge in [0.2, 0.25) is 0 Å². The summed E-state index contributed by atoms with van der Waals surface area (Å²) in [5.74, 6) is 0. The van der Waals surface area contributed by atoms with E-state index in [1.165, 1.54) is 6.20 Å². The van der Waals surface area contributed by atoms with Gasteiger partial charge in [0, 0.05) is 11.6 Å². The number of fused-ring (bicyclic) bond motifs is 1. The van der Waals surface area contributed by atoms with Gasteiger partial charge in [-0.2, -0.15) is 0 Å². The van der Waals surface area contributed by atoms with E-state index in [4.69, 9.17) is 7.85 Å². The van der Waals surface area contributed by atoms with Crippen LogP contribution in [0.1, 0.15) is 0 Å². The predicted molar refractivity (Wildman–Crippen MR) is 74.1 cm³/mol. The van der Waals surface area contributed by atoms with Crippen LogP contribution in [0.4, 0.5) is 0 Å². The summed E-state index contributed by atoms with van der Waals surface area (Å²) in [6.07, 6.45) is 1.49. The van der Waals surface area contributed by atoms with Crippen LogP contribution in [-0.2, 0) is 10.0 Å². The first-order valence-corrected chi connectivity index (χ1v) is 7.07. The van der Waals surface area contributed by atoms with Gasteiger partial charge < -0.3 is 0 Å². The molecule has 0 saturated carbocycles. The third kappa shape index (κ3) is 1.94. The molecule has 2 heterocycles. The highest BCUT2D eigenvalue weighted by atomic mass is 32.2. The molecule has 19 heavy (non-hydrogen) atoms. The van der Waals surface area contributed by atoms with Gasteiger partial charge in [-0.25, -0.2) is 17.4 Å². The van der Waals surface area contributed by atoms with Crippen LogP contribution >= 0.6 is 0 Å². The molecule has 2 radical (unpaired) electrons. The Morgan fingerprint density at radius 2 is 1.74 bits per heavy atom. The third-order valence-electron chi connectivity index (χ3n) is 2.83. The molecular weight excluding hydrogens is 259 g/mol. The molecule has 0 amide bonds. The van der Waals surface area contributed by atoms with Gasteiger partial charge in [-0.05, 0) is 23.8 Å². The number of hydrogen-bond acceptors (Lipinski definition) is 3. The maximum absolute atomic E-state index is 12.5. The minimum atomic E-state index is -3.64. The van der Waals surface area contributed by atoms with Gasteiger partial charge in [0.15, 0.2) is 5.65 Å². The summed E-state index contributed by atoms with van der Waals surface area (Å²) in [6.45, 7) is 0. The van der Waals surface area contributed by atoms with E-state index in [-0.39, 0.29) is 10.5 Å². The van der Waals surface area contributed by atoms with Crippen molar-refractivity contribution in [3.05, 3.63) is 54.7 Å². The van der Waals surface area contributed by atoms with Crippen LogP contribution in [0.2, 0.25) is 0 Å². The fourth-order valence-corrected chi connectivity index (χ4v) is 3.22. The smallest absolute Gasteiger partial charge is 0.246 e. The molecule has 4 nitrogen and oxygen atoms in total.